The smallest absolute Gasteiger partial charge is 0.349 e. The highest BCUT2D eigenvalue weighted by Gasteiger charge is 2.31. The molecule has 6 rings (SSSR count). The molecule has 1 saturated carbocycles. The van der Waals surface area contributed by atoms with Gasteiger partial charge in [0.15, 0.2) is 0 Å². The van der Waals surface area contributed by atoms with Crippen molar-refractivity contribution in [1.82, 2.24) is 10.2 Å². The van der Waals surface area contributed by atoms with Crippen LogP contribution < -0.4 is 39.9 Å². The summed E-state index contributed by atoms with van der Waals surface area (Å²) in [5.74, 6) is -8.78. The van der Waals surface area contributed by atoms with Crippen molar-refractivity contribution in [1.29, 1.82) is 0 Å². The van der Waals surface area contributed by atoms with E-state index in [2.05, 4.69) is 10.2 Å². The average molecular weight is 1020 g/mol. The molecule has 0 spiro atoms. The van der Waals surface area contributed by atoms with Gasteiger partial charge >= 0.3 is 41.4 Å². The minimum Gasteiger partial charge on any atom is -0.489 e. The lowest BCUT2D eigenvalue weighted by molar-refractivity contribution is -0.385. The van der Waals surface area contributed by atoms with E-state index >= 15 is 0 Å². The third kappa shape index (κ3) is 14.9. The van der Waals surface area contributed by atoms with Crippen molar-refractivity contribution in [3.63, 3.8) is 0 Å². The Balaban J connectivity index is 1.19. The lowest BCUT2D eigenvalue weighted by atomic mass is 9.90. The maximum absolute atomic E-state index is 13.3. The zero-order valence-corrected chi connectivity index (χ0v) is 39.0. The number of amides is 1. The minimum atomic E-state index is -1.45. The highest BCUT2D eigenvalue weighted by molar-refractivity contribution is 5.97. The van der Waals surface area contributed by atoms with Crippen molar-refractivity contribution in [2.24, 2.45) is 0 Å². The van der Waals surface area contributed by atoms with Crippen molar-refractivity contribution < 1.29 is 87.8 Å². The number of carboxylic acid groups (broad SMARTS) is 6. The van der Waals surface area contributed by atoms with Gasteiger partial charge in [-0.25, -0.2) is 4.79 Å². The number of nitrogens with zero attached hydrogens (tertiary/aromatic N) is 5. The summed E-state index contributed by atoms with van der Waals surface area (Å²) in [4.78, 5) is 113. The Labute approximate surface area is 413 Å². The zero-order chi connectivity index (χ0) is 52.9. The van der Waals surface area contributed by atoms with Gasteiger partial charge in [-0.2, -0.15) is 0 Å². The van der Waals surface area contributed by atoms with Gasteiger partial charge in [0.05, 0.1) is 41.0 Å². The molecule has 0 bridgehead atoms. The Morgan fingerprint density at radius 2 is 1.22 bits per heavy atom. The van der Waals surface area contributed by atoms with Crippen LogP contribution in [0.3, 0.4) is 0 Å². The van der Waals surface area contributed by atoms with Crippen molar-refractivity contribution in [2.75, 3.05) is 80.3 Å². The number of hydrogen-bond donors (Lipinski definition) is 7. The second-order valence-electron chi connectivity index (χ2n) is 17.1. The Kier molecular flexibility index (Phi) is 18.0. The molecule has 7 N–H and O–H groups in total. The van der Waals surface area contributed by atoms with E-state index in [-0.39, 0.29) is 58.0 Å². The molecule has 390 valence electrons. The maximum atomic E-state index is 13.3. The van der Waals surface area contributed by atoms with Crippen LogP contribution in [0.15, 0.2) is 63.8 Å². The summed E-state index contributed by atoms with van der Waals surface area (Å²) in [5, 5.41) is 72.6. The number of nitro benzene ring substituents is 1. The summed E-state index contributed by atoms with van der Waals surface area (Å²) in [5.41, 5.74) is -1.43. The molecule has 4 aromatic rings. The fraction of sp³-hybridized carbons (Fsp3) is 0.404. The number of carbonyl (C=O) groups is 7. The number of benzene rings is 3. The lowest BCUT2D eigenvalue weighted by Crippen LogP contribution is -2.47. The third-order valence-electron chi connectivity index (χ3n) is 11.9. The number of rotatable bonds is 27. The van der Waals surface area contributed by atoms with Crippen LogP contribution in [0.2, 0.25) is 0 Å². The second-order valence-corrected chi connectivity index (χ2v) is 17.1. The molecule has 1 aliphatic carbocycles. The molecule has 26 nitrogen and oxygen atoms in total. The van der Waals surface area contributed by atoms with Crippen molar-refractivity contribution in [3.8, 4) is 17.2 Å². The molecule has 0 radical (unpaired) electrons. The van der Waals surface area contributed by atoms with Gasteiger partial charge in [0.1, 0.15) is 74.4 Å². The van der Waals surface area contributed by atoms with Gasteiger partial charge in [0.2, 0.25) is 0 Å². The average Bonchev–Trinajstić information content (AvgIpc) is 3.86. The molecule has 73 heavy (non-hydrogen) atoms. The fourth-order valence-electron chi connectivity index (χ4n) is 8.72. The molecule has 1 aromatic heterocycles. The number of carboxylic acids is 6. The van der Waals surface area contributed by atoms with Crippen LogP contribution in [0.5, 0.6) is 17.2 Å². The number of nitro groups is 1. The van der Waals surface area contributed by atoms with E-state index in [9.17, 15) is 79.1 Å². The van der Waals surface area contributed by atoms with Gasteiger partial charge in [-0.3, -0.25) is 48.6 Å². The van der Waals surface area contributed by atoms with Gasteiger partial charge in [0.25, 0.3) is 11.6 Å². The topological polar surface area (TPSA) is 367 Å². The molecular weight excluding hydrogens is 969 g/mol. The SMILES string of the molecule is O=C(O)CN(CC(=O)O)c1ccc(N2CCCC2)cc1OCCOc1cc([N+](=O)[O-])c(COc2ccc3cc(C(=O)NC4CCC(N(CC(=O)O)CC(=O)O)CC4)c(=O)oc3c2)cc1N(CC(=O)O)CC(=O)O. The molecule has 0 unspecified atom stereocenters. The van der Waals surface area contributed by atoms with E-state index in [4.69, 9.17) is 18.6 Å². The van der Waals surface area contributed by atoms with Crippen LogP contribution in [0.4, 0.5) is 22.7 Å². The number of nitrogens with one attached hydrogen (secondary N) is 1. The van der Waals surface area contributed by atoms with Crippen LogP contribution in [0, 0.1) is 10.1 Å². The molecular formula is C47H52N6O20. The van der Waals surface area contributed by atoms with Crippen LogP contribution in [-0.2, 0) is 35.4 Å². The van der Waals surface area contributed by atoms with E-state index in [0.717, 1.165) is 53.6 Å². The molecule has 2 heterocycles. The molecule has 1 saturated heterocycles. The fourth-order valence-corrected chi connectivity index (χ4v) is 8.72. The van der Waals surface area contributed by atoms with Gasteiger partial charge in [-0.15, -0.1) is 0 Å². The van der Waals surface area contributed by atoms with E-state index in [1.165, 1.54) is 35.2 Å². The third-order valence-corrected chi connectivity index (χ3v) is 11.9. The minimum absolute atomic E-state index is 0.0295. The van der Waals surface area contributed by atoms with Crippen LogP contribution in [0.1, 0.15) is 54.4 Å². The predicted molar refractivity (Wildman–Crippen MR) is 254 cm³/mol. The number of carbonyl (C=O) groups excluding carboxylic acids is 1. The van der Waals surface area contributed by atoms with Gasteiger partial charge in [-0.1, -0.05) is 0 Å². The molecule has 2 aliphatic rings. The first-order valence-electron chi connectivity index (χ1n) is 22.8. The zero-order valence-electron chi connectivity index (χ0n) is 39.0. The number of fused-ring (bicyclic) bond motifs is 1. The summed E-state index contributed by atoms with van der Waals surface area (Å²) in [7, 11) is 0. The standard InChI is InChI=1S/C47H52N6O20/c54-40(55)20-50(21-41(56)57)30-6-4-29(5-7-30)48-46(66)33-15-27-3-9-32(18-37(27)73-47(33)67)72-26-28-16-36(52(24-44(62)63)25-45(64)65)39(19-35(28)53(68)69)71-14-13-70-38-17-31(49-11-1-2-12-49)8-10-34(38)51(22-42(58)59)23-43(60)61/h3,8-10,15-19,29-30H,1-2,4-7,11-14,20-26H2,(H,48,66)(H,54,55)(H,56,57)(H,58,59)(H,60,61)(H,62,63)(H,64,65). The van der Waals surface area contributed by atoms with Crippen LogP contribution >= 0.6 is 0 Å². The maximum Gasteiger partial charge on any atom is 0.349 e. The molecule has 26 heteroatoms. The first kappa shape index (κ1) is 53.7. The highest BCUT2D eigenvalue weighted by atomic mass is 16.6. The Bertz CT molecular complexity index is 2760. The van der Waals surface area contributed by atoms with Crippen molar-refractivity contribution >= 4 is 75.4 Å². The molecule has 2 fully saturated rings. The Morgan fingerprint density at radius 1 is 0.671 bits per heavy atom. The van der Waals surface area contributed by atoms with Crippen LogP contribution in [0.25, 0.3) is 11.0 Å². The summed E-state index contributed by atoms with van der Waals surface area (Å²) in [6.07, 6.45) is 3.43. The van der Waals surface area contributed by atoms with E-state index in [0.29, 0.717) is 31.1 Å². The van der Waals surface area contributed by atoms with Gasteiger partial charge in [-0.05, 0) is 74.9 Å². The largest absolute Gasteiger partial charge is 0.489 e. The molecule has 0 atom stereocenters. The van der Waals surface area contributed by atoms with Crippen molar-refractivity contribution in [2.45, 2.75) is 57.2 Å². The summed E-state index contributed by atoms with van der Waals surface area (Å²) >= 11 is 0. The molecule has 1 aliphatic heterocycles. The van der Waals surface area contributed by atoms with E-state index < -0.39 is 116 Å². The first-order valence-corrected chi connectivity index (χ1v) is 22.8. The normalized spacial score (nSPS) is 15.3. The number of hydrogen-bond acceptors (Lipinski definition) is 18. The number of anilines is 3. The molecule has 1 amide bonds. The van der Waals surface area contributed by atoms with E-state index in [1.54, 1.807) is 12.1 Å². The molecule has 3 aromatic carbocycles. The summed E-state index contributed by atoms with van der Waals surface area (Å²) in [6, 6.07) is 11.7. The Morgan fingerprint density at radius 3 is 1.77 bits per heavy atom. The second kappa shape index (κ2) is 24.4. The highest BCUT2D eigenvalue weighted by Crippen LogP contribution is 2.38. The van der Waals surface area contributed by atoms with Crippen LogP contribution in [-0.4, -0.2) is 160 Å². The van der Waals surface area contributed by atoms with E-state index in [1.807, 2.05) is 0 Å². The van der Waals surface area contributed by atoms with Gasteiger partial charge < -0.3 is 69.3 Å². The predicted octanol–water partition coefficient (Wildman–Crippen LogP) is 2.80. The Hall–Kier alpha value is -8.68. The summed E-state index contributed by atoms with van der Waals surface area (Å²) < 4.78 is 23.3. The lowest BCUT2D eigenvalue weighted by Gasteiger charge is -2.35. The quantitative estimate of drug-likeness (QED) is 0.0195. The number of aliphatic carboxylic acids is 6. The van der Waals surface area contributed by atoms with Gasteiger partial charge in [0, 0.05) is 48.4 Å². The monoisotopic (exact) mass is 1020 g/mol. The first-order chi connectivity index (χ1) is 34.7. The van der Waals surface area contributed by atoms with Crippen molar-refractivity contribution in [3.05, 3.63) is 86.3 Å². The summed E-state index contributed by atoms with van der Waals surface area (Å²) in [6.45, 7) is -3.87. The number of ether oxygens (including phenoxy) is 3.